The maximum Gasteiger partial charge on any atom is 0.335 e. The first-order chi connectivity index (χ1) is 14.5. The number of rotatable bonds is 8. The number of carbonyl (C=O) groups excluding carboxylic acids is 2. The van der Waals surface area contributed by atoms with Gasteiger partial charge in [-0.25, -0.2) is 4.79 Å². The van der Waals surface area contributed by atoms with E-state index < -0.39 is 52.2 Å². The summed E-state index contributed by atoms with van der Waals surface area (Å²) in [7, 11) is 0. The molecule has 0 radical (unpaired) electrons. The molecule has 2 atom stereocenters. The quantitative estimate of drug-likeness (QED) is 0.176. The molecule has 0 amide bonds. The minimum absolute atomic E-state index is 0.212. The second kappa shape index (κ2) is 9.11. The van der Waals surface area contributed by atoms with Gasteiger partial charge in [0.05, 0.1) is 0 Å². The minimum Gasteiger partial charge on any atom is -0.504 e. The van der Waals surface area contributed by atoms with E-state index in [-0.39, 0.29) is 11.1 Å². The van der Waals surface area contributed by atoms with Crippen LogP contribution < -0.4 is 5.73 Å². The lowest BCUT2D eigenvalue weighted by molar-refractivity contribution is -0.155. The lowest BCUT2D eigenvalue weighted by Crippen LogP contribution is -2.64. The molecule has 0 aromatic heterocycles. The number of carboxylic acid groups (broad SMARTS) is 1. The van der Waals surface area contributed by atoms with Crippen LogP contribution in [-0.4, -0.2) is 59.8 Å². The maximum absolute atomic E-state index is 12.4. The van der Waals surface area contributed by atoms with Crippen LogP contribution in [0.15, 0.2) is 48.6 Å². The summed E-state index contributed by atoms with van der Waals surface area (Å²) in [5.41, 5.74) is 3.04. The molecule has 0 saturated carbocycles. The standard InChI is InChI=1S/C21H19NO9/c22-21(20(30)31,18(28)8-4-12-2-6-14(24)17(27)10-12)19(29)15(25)7-3-11-1-5-13(23)16(26)9-11/h1-10,19,23-24,26-27,29H,22H2,(H,30,31)/b7-3+,8-4+/t19?,21-/m0/s1. The second-order valence-electron chi connectivity index (χ2n) is 6.51. The van der Waals surface area contributed by atoms with E-state index in [0.717, 1.165) is 48.6 Å². The van der Waals surface area contributed by atoms with Crippen molar-refractivity contribution in [3.05, 3.63) is 59.7 Å². The van der Waals surface area contributed by atoms with Gasteiger partial charge in [-0.15, -0.1) is 0 Å². The Kier molecular flexibility index (Phi) is 6.80. The molecule has 2 aromatic rings. The van der Waals surface area contributed by atoms with Crippen molar-refractivity contribution in [3.8, 4) is 23.0 Å². The van der Waals surface area contributed by atoms with Gasteiger partial charge in [0.2, 0.25) is 5.54 Å². The average molecular weight is 429 g/mol. The predicted octanol–water partition coefficient (Wildman–Crippen LogP) is 0.517. The number of carboxylic acids is 1. The van der Waals surface area contributed by atoms with Crippen LogP contribution in [0.1, 0.15) is 11.1 Å². The highest BCUT2D eigenvalue weighted by Crippen LogP contribution is 2.26. The fraction of sp³-hybridized carbons (Fsp3) is 0.0952. The van der Waals surface area contributed by atoms with E-state index in [1.165, 1.54) is 12.1 Å². The van der Waals surface area contributed by atoms with Gasteiger partial charge in [0.15, 0.2) is 40.7 Å². The molecule has 0 saturated heterocycles. The van der Waals surface area contributed by atoms with Crippen LogP contribution in [0.4, 0.5) is 0 Å². The number of phenolic OH excluding ortho intramolecular Hbond substituents is 4. The van der Waals surface area contributed by atoms with Gasteiger partial charge in [-0.1, -0.05) is 24.3 Å². The van der Waals surface area contributed by atoms with E-state index >= 15 is 0 Å². The number of hydrogen-bond acceptors (Lipinski definition) is 9. The molecule has 2 aromatic carbocycles. The third-order valence-electron chi connectivity index (χ3n) is 4.33. The van der Waals surface area contributed by atoms with E-state index in [2.05, 4.69) is 0 Å². The number of aliphatic hydroxyl groups excluding tert-OH is 1. The Morgan fingerprint density at radius 3 is 1.68 bits per heavy atom. The number of aromatic hydroxyl groups is 4. The van der Waals surface area contributed by atoms with Gasteiger partial charge in [0.25, 0.3) is 0 Å². The Labute approximate surface area is 175 Å². The van der Waals surface area contributed by atoms with Crippen LogP contribution in [0.3, 0.4) is 0 Å². The summed E-state index contributed by atoms with van der Waals surface area (Å²) in [5, 5.41) is 57.0. The number of aliphatic carboxylic acids is 1. The van der Waals surface area contributed by atoms with Crippen LogP contribution in [-0.2, 0) is 14.4 Å². The van der Waals surface area contributed by atoms with E-state index in [9.17, 15) is 45.0 Å². The zero-order chi connectivity index (χ0) is 23.3. The monoisotopic (exact) mass is 429 g/mol. The summed E-state index contributed by atoms with van der Waals surface area (Å²) in [4.78, 5) is 36.3. The topological polar surface area (TPSA) is 199 Å². The van der Waals surface area contributed by atoms with Gasteiger partial charge < -0.3 is 36.4 Å². The SMILES string of the molecule is N[C@@](C(=O)O)(C(=O)/C=C/c1ccc(O)c(O)c1)C(O)C(=O)/C=C/c1ccc(O)c(O)c1. The molecule has 0 fully saturated rings. The fourth-order valence-corrected chi connectivity index (χ4v) is 2.45. The van der Waals surface area contributed by atoms with Gasteiger partial charge in [-0.05, 0) is 47.5 Å². The van der Waals surface area contributed by atoms with E-state index in [0.29, 0.717) is 0 Å². The summed E-state index contributed by atoms with van der Waals surface area (Å²) < 4.78 is 0. The molecular weight excluding hydrogens is 410 g/mol. The molecule has 0 aliphatic rings. The van der Waals surface area contributed by atoms with Gasteiger partial charge in [0, 0.05) is 0 Å². The minimum atomic E-state index is -3.01. The Morgan fingerprint density at radius 2 is 1.26 bits per heavy atom. The predicted molar refractivity (Wildman–Crippen MR) is 108 cm³/mol. The van der Waals surface area contributed by atoms with Crippen molar-refractivity contribution < 1.29 is 45.0 Å². The van der Waals surface area contributed by atoms with Crippen molar-refractivity contribution in [3.63, 3.8) is 0 Å². The lowest BCUT2D eigenvalue weighted by atomic mass is 9.85. The first kappa shape index (κ1) is 23.1. The average Bonchev–Trinajstić information content (AvgIpc) is 2.73. The summed E-state index contributed by atoms with van der Waals surface area (Å²) in [6.45, 7) is 0. The highest BCUT2D eigenvalue weighted by molar-refractivity contribution is 6.19. The van der Waals surface area contributed by atoms with E-state index in [4.69, 9.17) is 5.73 Å². The third-order valence-corrected chi connectivity index (χ3v) is 4.33. The molecule has 1 unspecified atom stereocenters. The van der Waals surface area contributed by atoms with Crippen molar-refractivity contribution in [2.75, 3.05) is 0 Å². The number of hydrogen-bond donors (Lipinski definition) is 7. The summed E-state index contributed by atoms with van der Waals surface area (Å²) in [6.07, 6.45) is 1.25. The molecule has 0 spiro atoms. The molecule has 8 N–H and O–H groups in total. The molecule has 10 heteroatoms. The highest BCUT2D eigenvalue weighted by Gasteiger charge is 2.50. The van der Waals surface area contributed by atoms with E-state index in [1.54, 1.807) is 0 Å². The van der Waals surface area contributed by atoms with Crippen molar-refractivity contribution in [2.45, 2.75) is 11.6 Å². The van der Waals surface area contributed by atoms with Gasteiger partial charge >= 0.3 is 5.97 Å². The van der Waals surface area contributed by atoms with Crippen molar-refractivity contribution in [2.24, 2.45) is 5.73 Å². The molecule has 0 heterocycles. The zero-order valence-electron chi connectivity index (χ0n) is 15.8. The molecular formula is C21H19NO9. The summed E-state index contributed by atoms with van der Waals surface area (Å²) in [6, 6.07) is 7.13. The maximum atomic E-state index is 12.4. The Balaban J connectivity index is 2.25. The molecule has 0 aliphatic carbocycles. The molecule has 2 rings (SSSR count). The summed E-state index contributed by atoms with van der Waals surface area (Å²) >= 11 is 0. The first-order valence-electron chi connectivity index (χ1n) is 8.65. The smallest absolute Gasteiger partial charge is 0.335 e. The van der Waals surface area contributed by atoms with Crippen molar-refractivity contribution in [1.29, 1.82) is 0 Å². The molecule has 0 aliphatic heterocycles. The summed E-state index contributed by atoms with van der Waals surface area (Å²) in [5.74, 6) is -6.19. The first-order valence-corrected chi connectivity index (χ1v) is 8.65. The lowest BCUT2D eigenvalue weighted by Gasteiger charge is -2.25. The van der Waals surface area contributed by atoms with Gasteiger partial charge in [-0.3, -0.25) is 9.59 Å². The van der Waals surface area contributed by atoms with Crippen LogP contribution in [0.2, 0.25) is 0 Å². The molecule has 31 heavy (non-hydrogen) atoms. The number of aliphatic hydroxyl groups is 1. The fourth-order valence-electron chi connectivity index (χ4n) is 2.45. The number of nitrogens with two attached hydrogens (primary N) is 1. The molecule has 162 valence electrons. The van der Waals surface area contributed by atoms with Crippen molar-refractivity contribution >= 4 is 29.7 Å². The van der Waals surface area contributed by atoms with E-state index in [1.807, 2.05) is 0 Å². The Hall–Kier alpha value is -4.15. The highest BCUT2D eigenvalue weighted by atomic mass is 16.4. The normalized spacial score (nSPS) is 14.4. The van der Waals surface area contributed by atoms with Gasteiger partial charge in [-0.2, -0.15) is 0 Å². The largest absolute Gasteiger partial charge is 0.504 e. The number of ketones is 2. The third kappa shape index (κ3) is 5.07. The van der Waals surface area contributed by atoms with Crippen LogP contribution in [0, 0.1) is 0 Å². The molecule has 10 nitrogen and oxygen atoms in total. The Bertz CT molecular complexity index is 1090. The van der Waals surface area contributed by atoms with Crippen LogP contribution in [0.5, 0.6) is 23.0 Å². The van der Waals surface area contributed by atoms with Crippen LogP contribution in [0.25, 0.3) is 12.2 Å². The molecule has 0 bridgehead atoms. The second-order valence-corrected chi connectivity index (χ2v) is 6.51. The number of phenols is 4. The van der Waals surface area contributed by atoms with Crippen LogP contribution >= 0.6 is 0 Å². The number of benzene rings is 2. The Morgan fingerprint density at radius 1 is 0.806 bits per heavy atom. The van der Waals surface area contributed by atoms with Gasteiger partial charge in [0.1, 0.15) is 0 Å². The number of carbonyl (C=O) groups is 3. The zero-order valence-corrected chi connectivity index (χ0v) is 15.8. The van der Waals surface area contributed by atoms with Crippen molar-refractivity contribution in [1.82, 2.24) is 0 Å².